The molecule has 1 atom stereocenters. The van der Waals surface area contributed by atoms with E-state index in [4.69, 9.17) is 11.5 Å². The number of halogens is 2. The van der Waals surface area contributed by atoms with Crippen LogP contribution in [0.4, 0.5) is 14.5 Å². The minimum absolute atomic E-state index is 0.0251. The number of hydrogen-bond acceptors (Lipinski definition) is 3. The standard InChI is InChI=1S/C11H13F2N3O2/c1-5(14)2-10(17)16-9-3-6(11(15)18)7(12)4-8(9)13/h3-5H,2,14H2,1H3,(H2,15,18)(H,16,17). The highest BCUT2D eigenvalue weighted by Crippen LogP contribution is 2.19. The Morgan fingerprint density at radius 3 is 2.44 bits per heavy atom. The molecule has 2 amide bonds. The van der Waals surface area contributed by atoms with E-state index in [1.54, 1.807) is 6.92 Å². The smallest absolute Gasteiger partial charge is 0.251 e. The van der Waals surface area contributed by atoms with Gasteiger partial charge in [0.05, 0.1) is 11.3 Å². The predicted molar refractivity (Wildman–Crippen MR) is 61.8 cm³/mol. The molecular formula is C11H13F2N3O2. The second-order valence-corrected chi connectivity index (χ2v) is 3.91. The SMILES string of the molecule is CC(N)CC(=O)Nc1cc(C(N)=O)c(F)cc1F. The fraction of sp³-hybridized carbons (Fsp3) is 0.273. The Hall–Kier alpha value is -2.02. The first kappa shape index (κ1) is 14.0. The largest absolute Gasteiger partial charge is 0.366 e. The zero-order chi connectivity index (χ0) is 13.9. The van der Waals surface area contributed by atoms with Crippen molar-refractivity contribution in [2.75, 3.05) is 5.32 Å². The van der Waals surface area contributed by atoms with Gasteiger partial charge in [-0.15, -0.1) is 0 Å². The topological polar surface area (TPSA) is 98.2 Å². The predicted octanol–water partition coefficient (Wildman–Crippen LogP) is 0.739. The van der Waals surface area contributed by atoms with Crippen LogP contribution < -0.4 is 16.8 Å². The number of anilines is 1. The number of primary amides is 1. The molecule has 5 nitrogen and oxygen atoms in total. The van der Waals surface area contributed by atoms with Crippen molar-refractivity contribution in [1.29, 1.82) is 0 Å². The summed E-state index contributed by atoms with van der Waals surface area (Å²) < 4.78 is 26.5. The van der Waals surface area contributed by atoms with Gasteiger partial charge >= 0.3 is 0 Å². The Labute approximate surface area is 102 Å². The average Bonchev–Trinajstić information content (AvgIpc) is 2.20. The number of carbonyl (C=O) groups is 2. The van der Waals surface area contributed by atoms with Crippen molar-refractivity contribution < 1.29 is 18.4 Å². The van der Waals surface area contributed by atoms with E-state index in [9.17, 15) is 18.4 Å². The maximum atomic E-state index is 13.4. The molecule has 0 saturated heterocycles. The number of nitrogens with one attached hydrogen (secondary N) is 1. The lowest BCUT2D eigenvalue weighted by Gasteiger charge is -2.09. The second-order valence-electron chi connectivity index (χ2n) is 3.91. The Balaban J connectivity index is 2.99. The first-order valence-corrected chi connectivity index (χ1v) is 5.15. The molecule has 0 spiro atoms. The first-order valence-electron chi connectivity index (χ1n) is 5.15. The normalized spacial score (nSPS) is 12.0. The molecule has 0 radical (unpaired) electrons. The van der Waals surface area contributed by atoms with Crippen LogP contribution in [-0.4, -0.2) is 17.9 Å². The van der Waals surface area contributed by atoms with E-state index < -0.39 is 35.1 Å². The first-order chi connectivity index (χ1) is 8.31. The molecule has 7 heteroatoms. The van der Waals surface area contributed by atoms with Gasteiger partial charge in [0.2, 0.25) is 5.91 Å². The summed E-state index contributed by atoms with van der Waals surface area (Å²) in [6.07, 6.45) is -0.0251. The number of nitrogens with two attached hydrogens (primary N) is 2. The van der Waals surface area contributed by atoms with Crippen LogP contribution in [0.2, 0.25) is 0 Å². The zero-order valence-electron chi connectivity index (χ0n) is 9.67. The van der Waals surface area contributed by atoms with Crippen LogP contribution in [0.3, 0.4) is 0 Å². The van der Waals surface area contributed by atoms with Gasteiger partial charge in [0.1, 0.15) is 11.6 Å². The molecule has 0 aliphatic carbocycles. The van der Waals surface area contributed by atoms with E-state index >= 15 is 0 Å². The van der Waals surface area contributed by atoms with Crippen LogP contribution in [0.15, 0.2) is 12.1 Å². The molecule has 0 aromatic heterocycles. The van der Waals surface area contributed by atoms with Gasteiger partial charge in [0, 0.05) is 18.5 Å². The number of hydrogen-bond donors (Lipinski definition) is 3. The molecule has 0 heterocycles. The summed E-state index contributed by atoms with van der Waals surface area (Å²) in [5, 5.41) is 2.20. The third-order valence-electron chi connectivity index (χ3n) is 2.10. The van der Waals surface area contributed by atoms with Crippen molar-refractivity contribution in [1.82, 2.24) is 0 Å². The highest BCUT2D eigenvalue weighted by molar-refractivity contribution is 5.96. The van der Waals surface area contributed by atoms with Crippen LogP contribution in [0.5, 0.6) is 0 Å². The van der Waals surface area contributed by atoms with Gasteiger partial charge in [-0.2, -0.15) is 0 Å². The summed E-state index contributed by atoms with van der Waals surface area (Å²) in [5.41, 5.74) is 9.51. The van der Waals surface area contributed by atoms with Gasteiger partial charge in [-0.25, -0.2) is 8.78 Å². The van der Waals surface area contributed by atoms with Gasteiger partial charge in [-0.3, -0.25) is 9.59 Å². The summed E-state index contributed by atoms with van der Waals surface area (Å²) in [6.45, 7) is 1.61. The zero-order valence-corrected chi connectivity index (χ0v) is 9.67. The third-order valence-corrected chi connectivity index (χ3v) is 2.10. The van der Waals surface area contributed by atoms with Gasteiger partial charge in [0.15, 0.2) is 0 Å². The second kappa shape index (κ2) is 5.54. The monoisotopic (exact) mass is 257 g/mol. The van der Waals surface area contributed by atoms with Crippen molar-refractivity contribution in [2.24, 2.45) is 11.5 Å². The van der Waals surface area contributed by atoms with E-state index in [1.807, 2.05) is 0 Å². The van der Waals surface area contributed by atoms with E-state index in [-0.39, 0.29) is 12.1 Å². The van der Waals surface area contributed by atoms with Gasteiger partial charge in [-0.1, -0.05) is 0 Å². The van der Waals surface area contributed by atoms with Gasteiger partial charge in [0.25, 0.3) is 5.91 Å². The molecule has 5 N–H and O–H groups in total. The molecule has 0 bridgehead atoms. The molecule has 0 aliphatic rings. The van der Waals surface area contributed by atoms with Crippen molar-refractivity contribution in [2.45, 2.75) is 19.4 Å². The number of benzene rings is 1. The summed E-state index contributed by atoms with van der Waals surface area (Å²) in [5.74, 6) is -3.65. The van der Waals surface area contributed by atoms with Crippen molar-refractivity contribution in [3.63, 3.8) is 0 Å². The van der Waals surface area contributed by atoms with Crippen LogP contribution in [0.1, 0.15) is 23.7 Å². The van der Waals surface area contributed by atoms with Gasteiger partial charge < -0.3 is 16.8 Å². The molecule has 1 aromatic carbocycles. The number of rotatable bonds is 4. The van der Waals surface area contributed by atoms with E-state index in [0.717, 1.165) is 6.07 Å². The lowest BCUT2D eigenvalue weighted by atomic mass is 10.1. The Morgan fingerprint density at radius 2 is 1.94 bits per heavy atom. The van der Waals surface area contributed by atoms with Crippen LogP contribution in [-0.2, 0) is 4.79 Å². The molecule has 1 unspecified atom stereocenters. The van der Waals surface area contributed by atoms with E-state index in [1.165, 1.54) is 0 Å². The van der Waals surface area contributed by atoms with Crippen LogP contribution >= 0.6 is 0 Å². The summed E-state index contributed by atoms with van der Waals surface area (Å²) >= 11 is 0. The molecule has 18 heavy (non-hydrogen) atoms. The summed E-state index contributed by atoms with van der Waals surface area (Å²) in [6, 6.07) is 0.942. The average molecular weight is 257 g/mol. The third kappa shape index (κ3) is 3.49. The molecule has 98 valence electrons. The minimum atomic E-state index is -1.08. The molecule has 1 rings (SSSR count). The van der Waals surface area contributed by atoms with Crippen molar-refractivity contribution in [3.05, 3.63) is 29.3 Å². The number of carbonyl (C=O) groups excluding carboxylic acids is 2. The molecule has 0 aliphatic heterocycles. The van der Waals surface area contributed by atoms with E-state index in [0.29, 0.717) is 6.07 Å². The molecule has 1 aromatic rings. The van der Waals surface area contributed by atoms with Crippen molar-refractivity contribution in [3.8, 4) is 0 Å². The lowest BCUT2D eigenvalue weighted by Crippen LogP contribution is -2.24. The van der Waals surface area contributed by atoms with Crippen molar-refractivity contribution >= 4 is 17.5 Å². The summed E-state index contributed by atoms with van der Waals surface area (Å²) in [7, 11) is 0. The highest BCUT2D eigenvalue weighted by atomic mass is 19.1. The fourth-order valence-electron chi connectivity index (χ4n) is 1.33. The van der Waals surface area contributed by atoms with Crippen LogP contribution in [0.25, 0.3) is 0 Å². The Bertz CT molecular complexity index is 489. The maximum Gasteiger partial charge on any atom is 0.251 e. The number of amides is 2. The Kier molecular flexibility index (Phi) is 4.33. The lowest BCUT2D eigenvalue weighted by molar-refractivity contribution is -0.116. The minimum Gasteiger partial charge on any atom is -0.366 e. The molecular weight excluding hydrogens is 244 g/mol. The summed E-state index contributed by atoms with van der Waals surface area (Å²) in [4.78, 5) is 22.2. The highest BCUT2D eigenvalue weighted by Gasteiger charge is 2.15. The van der Waals surface area contributed by atoms with Gasteiger partial charge in [-0.05, 0) is 13.0 Å². The van der Waals surface area contributed by atoms with Crippen LogP contribution in [0, 0.1) is 11.6 Å². The fourth-order valence-corrected chi connectivity index (χ4v) is 1.33. The quantitative estimate of drug-likeness (QED) is 0.741. The molecule has 0 fully saturated rings. The van der Waals surface area contributed by atoms with E-state index in [2.05, 4.69) is 5.32 Å². The molecule has 0 saturated carbocycles. The maximum absolute atomic E-state index is 13.4. The Morgan fingerprint density at radius 1 is 1.33 bits per heavy atom.